The first-order valence-corrected chi connectivity index (χ1v) is 11.8. The van der Waals surface area contributed by atoms with Crippen molar-refractivity contribution in [3.63, 3.8) is 0 Å². The molecule has 0 radical (unpaired) electrons. The minimum atomic E-state index is 0. The maximum Gasteiger partial charge on any atom is 2.00 e. The van der Waals surface area contributed by atoms with Crippen LogP contribution < -0.4 is 33.2 Å². The second kappa shape index (κ2) is 29.9. The van der Waals surface area contributed by atoms with Crippen molar-refractivity contribution >= 4 is 0 Å². The van der Waals surface area contributed by atoms with E-state index in [1.807, 2.05) is 0 Å². The number of nitrogens with one attached hydrogen (secondary N) is 6. The smallest absolute Gasteiger partial charge is 0.314 e. The third-order valence-electron chi connectivity index (χ3n) is 2.89. The standard InChI is InChI=1S/3C3H8.3C2H4N8.3Pt/c3*1-3-2;3*1-3-5-7-9(1)10-2-4-6-8-10;;;/h3*3H2,1-2H3;3*1-2H,(H,3,7)(H,4,8);;;/q;;;3*-2;3*+2. The third kappa shape index (κ3) is 18.8. The number of rotatable bonds is 3. The summed E-state index contributed by atoms with van der Waals surface area (Å²) in [6.07, 6.45) is 3.75. The Morgan fingerprint density at radius 1 is 0.333 bits per heavy atom. The molecule has 0 aromatic heterocycles. The zero-order valence-corrected chi connectivity index (χ0v) is 30.4. The van der Waals surface area contributed by atoms with Gasteiger partial charge in [0.1, 0.15) is 0 Å². The second-order valence-corrected chi connectivity index (χ2v) is 6.77. The van der Waals surface area contributed by atoms with Crippen LogP contribution in [0.4, 0.5) is 0 Å². The van der Waals surface area contributed by atoms with E-state index in [0.717, 1.165) is 0 Å². The number of hydrazine groups is 9. The Labute approximate surface area is 288 Å². The summed E-state index contributed by atoms with van der Waals surface area (Å²) in [4.78, 5) is 0. The van der Waals surface area contributed by atoms with E-state index in [1.165, 1.54) is 90.0 Å². The average Bonchev–Trinajstić information content (AvgIpc) is 3.81. The Hall–Kier alpha value is -2.56. The number of nitrogens with zero attached hydrogens (tertiary/aromatic N) is 18. The van der Waals surface area contributed by atoms with Crippen LogP contribution in [0.2, 0.25) is 0 Å². The molecule has 0 fully saturated rings. The van der Waals surface area contributed by atoms with Crippen LogP contribution in [0, 0.1) is 40.0 Å². The van der Waals surface area contributed by atoms with Crippen molar-refractivity contribution in [3.8, 4) is 0 Å². The van der Waals surface area contributed by atoms with Crippen LogP contribution >= 0.6 is 0 Å². The molecule has 0 amide bonds. The van der Waals surface area contributed by atoms with E-state index in [0.29, 0.717) is 0 Å². The van der Waals surface area contributed by atoms with Crippen LogP contribution in [0.25, 0.3) is 0 Å². The summed E-state index contributed by atoms with van der Waals surface area (Å²) < 4.78 is 0. The van der Waals surface area contributed by atoms with Gasteiger partial charge >= 0.3 is 63.2 Å². The summed E-state index contributed by atoms with van der Waals surface area (Å²) >= 11 is 0. The Morgan fingerprint density at radius 3 is 0.524 bits per heavy atom. The van der Waals surface area contributed by atoms with Crippen molar-refractivity contribution < 1.29 is 63.2 Å². The molecule has 24 nitrogen and oxygen atoms in total. The van der Waals surface area contributed by atoms with Gasteiger partial charge in [-0.3, -0.25) is 30.7 Å². The van der Waals surface area contributed by atoms with E-state index >= 15 is 0 Å². The second-order valence-electron chi connectivity index (χ2n) is 6.77. The van der Waals surface area contributed by atoms with Crippen LogP contribution in [0.1, 0.15) is 60.8 Å². The molecule has 6 aliphatic rings. The molecule has 6 aliphatic heterocycles. The predicted octanol–water partition coefficient (Wildman–Crippen LogP) is 2.79. The minimum absolute atomic E-state index is 0. The first-order chi connectivity index (χ1) is 19.1. The van der Waals surface area contributed by atoms with Gasteiger partial charge in [-0.1, -0.05) is 92.1 Å². The molecule has 0 aromatic rings. The molecule has 0 aromatic carbocycles. The third-order valence-corrected chi connectivity index (χ3v) is 2.89. The van der Waals surface area contributed by atoms with E-state index in [9.17, 15) is 0 Å². The summed E-state index contributed by atoms with van der Waals surface area (Å²) in [5.74, 6) is 0. The Morgan fingerprint density at radius 2 is 0.452 bits per heavy atom. The fourth-order valence-electron chi connectivity index (χ4n) is 1.66. The Bertz CT molecular complexity index is 574. The van der Waals surface area contributed by atoms with Crippen LogP contribution in [-0.2, 0) is 63.2 Å². The van der Waals surface area contributed by atoms with Gasteiger partial charge in [-0.05, 0) is 0 Å². The molecule has 6 N–H and O–H groups in total. The van der Waals surface area contributed by atoms with Crippen molar-refractivity contribution in [1.82, 2.24) is 63.9 Å². The van der Waals surface area contributed by atoms with Crippen LogP contribution in [0.3, 0.4) is 0 Å². The van der Waals surface area contributed by atoms with E-state index in [1.54, 1.807) is 0 Å². The first-order valence-electron chi connectivity index (χ1n) is 11.8. The van der Waals surface area contributed by atoms with E-state index in [2.05, 4.69) is 137 Å². The summed E-state index contributed by atoms with van der Waals surface area (Å²) in [5, 5.41) is 50.9. The summed E-state index contributed by atoms with van der Waals surface area (Å²) in [6, 6.07) is 0. The molecule has 0 saturated heterocycles. The molecule has 6 heterocycles. The zero-order chi connectivity index (χ0) is 28.6. The normalized spacial score (nSPS) is 18.1. The van der Waals surface area contributed by atoms with Crippen molar-refractivity contribution in [2.45, 2.75) is 60.8 Å². The molecule has 0 bridgehead atoms. The van der Waals surface area contributed by atoms with E-state index in [-0.39, 0.29) is 63.2 Å². The molecule has 0 spiro atoms. The maximum atomic E-state index is 3.54. The quantitative estimate of drug-likeness (QED) is 0.224. The zero-order valence-electron chi connectivity index (χ0n) is 23.6. The summed E-state index contributed by atoms with van der Waals surface area (Å²) in [7, 11) is 0. The summed E-state index contributed by atoms with van der Waals surface area (Å²) in [5.41, 5.74) is 15.3. The van der Waals surface area contributed by atoms with Crippen LogP contribution in [-0.4, -0.2) is 30.7 Å². The molecule has 42 heavy (non-hydrogen) atoms. The largest absolute Gasteiger partial charge is 2.00 e. The van der Waals surface area contributed by atoms with Crippen molar-refractivity contribution in [2.75, 3.05) is 0 Å². The first kappa shape index (κ1) is 43.9. The van der Waals surface area contributed by atoms with Gasteiger partial charge in [-0.2, -0.15) is 40.0 Å². The van der Waals surface area contributed by atoms with Gasteiger partial charge in [0.15, 0.2) is 0 Å². The molecular weight excluding hydrogens is 1100 g/mol. The van der Waals surface area contributed by atoms with Gasteiger partial charge in [-0.15, -0.1) is 0 Å². The molecule has 27 heteroatoms. The van der Waals surface area contributed by atoms with Crippen molar-refractivity contribution in [1.29, 1.82) is 0 Å². The topological polar surface area (TPSA) is 240 Å². The van der Waals surface area contributed by atoms with Crippen LogP contribution in [0.15, 0.2) is 62.0 Å². The van der Waals surface area contributed by atoms with E-state index in [4.69, 9.17) is 0 Å². The van der Waals surface area contributed by atoms with Gasteiger partial charge in [0.05, 0.1) is 0 Å². The molecule has 0 aliphatic carbocycles. The van der Waals surface area contributed by atoms with Crippen molar-refractivity contribution in [3.05, 3.63) is 40.0 Å². The molecule has 0 atom stereocenters. The van der Waals surface area contributed by atoms with E-state index < -0.39 is 0 Å². The SMILES string of the molecule is CCC.CCC.CCC.[CH-]1N=NNN1N1[CH-]N=NN1.[CH-]1N=NNN1N1[CH-]N=NN1.[CH-]1N=NNN1N1[CH-]N=NN1.[Pt+2].[Pt+2].[Pt+2]. The van der Waals surface area contributed by atoms with Gasteiger partial charge in [0, 0.05) is 0 Å². The average molecular weight is 1140 g/mol. The monoisotopic (exact) mass is 1140 g/mol. The molecular formula is C15H36N24Pt3. The Balaban J connectivity index is -0.000000462. The van der Waals surface area contributed by atoms with Crippen molar-refractivity contribution in [2.24, 2.45) is 62.0 Å². The fourth-order valence-corrected chi connectivity index (χ4v) is 1.66. The van der Waals surface area contributed by atoms with Gasteiger partial charge in [0.25, 0.3) is 0 Å². The molecule has 246 valence electrons. The summed E-state index contributed by atoms with van der Waals surface area (Å²) in [6.45, 7) is 21.6. The maximum absolute atomic E-state index is 3.54. The number of hydrogen-bond donors (Lipinski definition) is 6. The van der Waals surface area contributed by atoms with Gasteiger partial charge < -0.3 is 30.7 Å². The molecule has 0 unspecified atom stereocenters. The molecule has 0 saturated carbocycles. The predicted molar refractivity (Wildman–Crippen MR) is 133 cm³/mol. The van der Waals surface area contributed by atoms with Gasteiger partial charge in [-0.25, -0.2) is 33.2 Å². The Kier molecular flexibility index (Phi) is 31.3. The fraction of sp³-hybridized carbons (Fsp3) is 0.600. The minimum Gasteiger partial charge on any atom is -0.314 e. The molecule has 6 rings (SSSR count). The van der Waals surface area contributed by atoms with Gasteiger partial charge in [0.2, 0.25) is 0 Å². The number of hydrogen-bond acceptors (Lipinski definition) is 24. The van der Waals surface area contributed by atoms with Crippen LogP contribution in [0.5, 0.6) is 0 Å².